The van der Waals surface area contributed by atoms with Crippen LogP contribution >= 0.6 is 43.6 Å². The number of halogens is 5. The number of alkyl halides is 3. The van der Waals surface area contributed by atoms with Gasteiger partial charge in [-0.15, -0.1) is 0 Å². The maximum absolute atomic E-state index is 13.3. The largest absolute Gasteiger partial charge is 0.497 e. The summed E-state index contributed by atoms with van der Waals surface area (Å²) in [6.45, 7) is 0.0138. The first-order valence-corrected chi connectivity index (χ1v) is 9.37. The van der Waals surface area contributed by atoms with Crippen LogP contribution in [0.2, 0.25) is 0 Å². The van der Waals surface area contributed by atoms with E-state index in [0.717, 1.165) is 11.0 Å². The molecule has 0 heterocycles. The van der Waals surface area contributed by atoms with Crippen LogP contribution in [0, 0.1) is 0 Å². The van der Waals surface area contributed by atoms with Crippen molar-refractivity contribution >= 4 is 43.6 Å². The Morgan fingerprint density at radius 2 is 1.72 bits per heavy atom. The zero-order chi connectivity index (χ0) is 18.4. The first kappa shape index (κ1) is 20.2. The molecule has 2 nitrogen and oxygen atoms in total. The molecule has 0 fully saturated rings. The van der Waals surface area contributed by atoms with E-state index in [1.165, 1.54) is 17.8 Å². The van der Waals surface area contributed by atoms with Gasteiger partial charge in [0.25, 0.3) is 0 Å². The number of benzene rings is 2. The molecular weight excluding hydrogens is 485 g/mol. The molecule has 0 aliphatic rings. The van der Waals surface area contributed by atoms with Crippen LogP contribution in [0.15, 0.2) is 61.7 Å². The van der Waals surface area contributed by atoms with Crippen LogP contribution in [-0.2, 0) is 6.18 Å². The average molecular weight is 498 g/mol. The van der Waals surface area contributed by atoms with Gasteiger partial charge in [0, 0.05) is 9.79 Å². The summed E-state index contributed by atoms with van der Waals surface area (Å²) in [6.07, 6.45) is -2.93. The highest BCUT2D eigenvalue weighted by molar-refractivity contribution is 9.28. The van der Waals surface area contributed by atoms with E-state index < -0.39 is 11.7 Å². The lowest BCUT2D eigenvalue weighted by Crippen LogP contribution is -2.09. The van der Waals surface area contributed by atoms with Crippen molar-refractivity contribution in [3.05, 3.63) is 57.5 Å². The molecule has 8 heteroatoms. The van der Waals surface area contributed by atoms with Gasteiger partial charge in [-0.25, -0.2) is 0 Å². The second-order valence-electron chi connectivity index (χ2n) is 4.74. The molecule has 0 aliphatic carbocycles. The smallest absolute Gasteiger partial charge is 0.420 e. The Hall–Kier alpha value is -1.12. The van der Waals surface area contributed by atoms with Crippen LogP contribution in [0.5, 0.6) is 11.5 Å². The summed E-state index contributed by atoms with van der Waals surface area (Å²) in [7, 11) is 1.56. The van der Waals surface area contributed by atoms with E-state index in [4.69, 9.17) is 9.47 Å². The van der Waals surface area contributed by atoms with Gasteiger partial charge in [-0.3, -0.25) is 0 Å². The van der Waals surface area contributed by atoms with E-state index in [0.29, 0.717) is 14.0 Å². The van der Waals surface area contributed by atoms with E-state index in [1.54, 1.807) is 43.5 Å². The van der Waals surface area contributed by atoms with Crippen LogP contribution in [0.1, 0.15) is 5.56 Å². The van der Waals surface area contributed by atoms with Crippen molar-refractivity contribution < 1.29 is 22.6 Å². The lowest BCUT2D eigenvalue weighted by atomic mass is 10.2. The third-order valence-electron chi connectivity index (χ3n) is 3.03. The summed E-state index contributed by atoms with van der Waals surface area (Å²) in [4.78, 5) is 1.29. The van der Waals surface area contributed by atoms with Crippen molar-refractivity contribution in [3.63, 3.8) is 0 Å². The van der Waals surface area contributed by atoms with Crippen molar-refractivity contribution in [2.45, 2.75) is 16.0 Å². The van der Waals surface area contributed by atoms with E-state index in [9.17, 15) is 13.2 Å². The lowest BCUT2D eigenvalue weighted by Gasteiger charge is -2.14. The molecule has 0 N–H and O–H groups in total. The fourth-order valence-electron chi connectivity index (χ4n) is 1.89. The first-order valence-electron chi connectivity index (χ1n) is 6.96. The number of rotatable bonds is 6. The standard InChI is InChI=1S/C17H13Br2F3O2S/c1-23-11-2-4-12(5-3-11)25-13-6-7-15(24-9-8-16(18)19)14(10-13)17(20,21)22/h2-8,10H,9H2,1H3. The number of methoxy groups -OCH3 is 1. The van der Waals surface area contributed by atoms with Gasteiger partial charge in [0.2, 0.25) is 0 Å². The molecule has 25 heavy (non-hydrogen) atoms. The molecule has 0 radical (unpaired) electrons. The molecule has 2 aromatic carbocycles. The third-order valence-corrected chi connectivity index (χ3v) is 4.67. The minimum absolute atomic E-state index is 0.0138. The summed E-state index contributed by atoms with van der Waals surface area (Å²) in [5, 5.41) is 0. The van der Waals surface area contributed by atoms with Crippen molar-refractivity contribution in [2.75, 3.05) is 13.7 Å². The van der Waals surface area contributed by atoms with Gasteiger partial charge in [-0.2, -0.15) is 13.2 Å². The third kappa shape index (κ3) is 6.27. The van der Waals surface area contributed by atoms with Crippen LogP contribution in [0.4, 0.5) is 13.2 Å². The second kappa shape index (κ2) is 9.00. The fraction of sp³-hybridized carbons (Fsp3) is 0.176. The quantitative estimate of drug-likeness (QED) is 0.433. The molecule has 0 aliphatic heterocycles. The highest BCUT2D eigenvalue weighted by Gasteiger charge is 2.34. The maximum Gasteiger partial charge on any atom is 0.420 e. The molecule has 0 aromatic heterocycles. The monoisotopic (exact) mass is 496 g/mol. The van der Waals surface area contributed by atoms with Gasteiger partial charge in [0.15, 0.2) is 0 Å². The molecule has 0 saturated heterocycles. The van der Waals surface area contributed by atoms with E-state index in [-0.39, 0.29) is 12.4 Å². The van der Waals surface area contributed by atoms with Crippen LogP contribution < -0.4 is 9.47 Å². The van der Waals surface area contributed by atoms with Crippen molar-refractivity contribution in [2.24, 2.45) is 0 Å². The van der Waals surface area contributed by atoms with Crippen LogP contribution in [0.25, 0.3) is 0 Å². The van der Waals surface area contributed by atoms with E-state index in [1.807, 2.05) is 0 Å². The fourth-order valence-corrected chi connectivity index (χ4v) is 3.02. The first-order chi connectivity index (χ1) is 11.8. The molecular formula is C17H13Br2F3O2S. The molecule has 0 amide bonds. The summed E-state index contributed by atoms with van der Waals surface area (Å²) >= 11 is 7.49. The molecule has 0 atom stereocenters. The maximum atomic E-state index is 13.3. The minimum atomic E-state index is -4.50. The molecule has 2 aromatic rings. The molecule has 134 valence electrons. The van der Waals surface area contributed by atoms with Gasteiger partial charge in [0.1, 0.15) is 18.1 Å². The Kier molecular flexibility index (Phi) is 7.27. The number of hydrogen-bond acceptors (Lipinski definition) is 3. The van der Waals surface area contributed by atoms with Crippen molar-refractivity contribution in [1.29, 1.82) is 0 Å². The highest BCUT2D eigenvalue weighted by atomic mass is 79.9. The zero-order valence-electron chi connectivity index (χ0n) is 12.9. The van der Waals surface area contributed by atoms with Gasteiger partial charge in [0.05, 0.1) is 16.1 Å². The molecule has 0 spiro atoms. The van der Waals surface area contributed by atoms with Crippen molar-refractivity contribution in [1.82, 2.24) is 0 Å². The Balaban J connectivity index is 2.23. The van der Waals surface area contributed by atoms with Gasteiger partial charge in [-0.1, -0.05) is 11.8 Å². The van der Waals surface area contributed by atoms with Gasteiger partial charge in [-0.05, 0) is 80.4 Å². The summed E-state index contributed by atoms with van der Waals surface area (Å²) in [5.41, 5.74) is -0.801. The van der Waals surface area contributed by atoms with Gasteiger partial charge >= 0.3 is 6.18 Å². The SMILES string of the molecule is COc1ccc(Sc2ccc(OCC=C(Br)Br)c(C(F)(F)F)c2)cc1. The normalized spacial score (nSPS) is 11.1. The molecule has 2 rings (SSSR count). The summed E-state index contributed by atoms with van der Waals surface area (Å²) < 4.78 is 50.8. The van der Waals surface area contributed by atoms with Gasteiger partial charge < -0.3 is 9.47 Å². The van der Waals surface area contributed by atoms with Crippen molar-refractivity contribution in [3.8, 4) is 11.5 Å². The van der Waals surface area contributed by atoms with Crippen LogP contribution in [0.3, 0.4) is 0 Å². The second-order valence-corrected chi connectivity index (χ2v) is 8.66. The highest BCUT2D eigenvalue weighted by Crippen LogP contribution is 2.40. The molecule has 0 unspecified atom stereocenters. The molecule has 0 saturated carbocycles. The van der Waals surface area contributed by atoms with Crippen LogP contribution in [-0.4, -0.2) is 13.7 Å². The zero-order valence-corrected chi connectivity index (χ0v) is 16.9. The Morgan fingerprint density at radius 3 is 2.28 bits per heavy atom. The Morgan fingerprint density at radius 1 is 1.08 bits per heavy atom. The Labute approximate surface area is 164 Å². The predicted octanol–water partition coefficient (Wildman–Crippen LogP) is 6.88. The summed E-state index contributed by atoms with van der Waals surface area (Å²) in [6, 6.07) is 11.1. The predicted molar refractivity (Wildman–Crippen MR) is 100.0 cm³/mol. The average Bonchev–Trinajstić information content (AvgIpc) is 2.55. The lowest BCUT2D eigenvalue weighted by molar-refractivity contribution is -0.139. The minimum Gasteiger partial charge on any atom is -0.497 e. The number of hydrogen-bond donors (Lipinski definition) is 0. The number of ether oxygens (including phenoxy) is 2. The van der Waals surface area contributed by atoms with E-state index in [2.05, 4.69) is 31.9 Å². The topological polar surface area (TPSA) is 18.5 Å². The summed E-state index contributed by atoms with van der Waals surface area (Å²) in [5.74, 6) is 0.485. The molecule has 0 bridgehead atoms. The Bertz CT molecular complexity index is 743. The van der Waals surface area contributed by atoms with E-state index >= 15 is 0 Å².